The van der Waals surface area contributed by atoms with E-state index in [4.69, 9.17) is 9.47 Å². The topological polar surface area (TPSA) is 118 Å². The van der Waals surface area contributed by atoms with Gasteiger partial charge in [0.1, 0.15) is 35.7 Å². The number of amides is 2. The summed E-state index contributed by atoms with van der Waals surface area (Å²) in [4.78, 5) is 45.6. The molecule has 5 atom stereocenters. The largest absolute Gasteiger partial charge is 0.486 e. The van der Waals surface area contributed by atoms with E-state index in [0.717, 1.165) is 75.1 Å². The van der Waals surface area contributed by atoms with E-state index in [1.165, 1.54) is 4.90 Å². The number of pyridine rings is 1. The van der Waals surface area contributed by atoms with Crippen LogP contribution < -0.4 is 10.1 Å². The van der Waals surface area contributed by atoms with Gasteiger partial charge in [0.2, 0.25) is 5.91 Å². The number of hydrogen-bond acceptors (Lipinski definition) is 6. The Morgan fingerprint density at radius 3 is 2.65 bits per heavy atom. The molecule has 9 heteroatoms. The van der Waals surface area contributed by atoms with Gasteiger partial charge < -0.3 is 24.8 Å². The Morgan fingerprint density at radius 1 is 1.12 bits per heavy atom. The number of unbranched alkanes of at least 4 members (excludes halogenated alkanes) is 1. The van der Waals surface area contributed by atoms with Gasteiger partial charge in [-0.15, -0.1) is 6.58 Å². The summed E-state index contributed by atoms with van der Waals surface area (Å²) in [5.74, 6) is -0.758. The average molecular weight is 590 g/mol. The zero-order chi connectivity index (χ0) is 30.3. The number of nitrogens with one attached hydrogen (secondary N) is 1. The number of para-hydroxylation sites is 1. The highest BCUT2D eigenvalue weighted by Crippen LogP contribution is 2.34. The second kappa shape index (κ2) is 14.1. The number of ether oxygens (including phenoxy) is 2. The van der Waals surface area contributed by atoms with Gasteiger partial charge in [0.05, 0.1) is 12.1 Å². The lowest BCUT2D eigenvalue weighted by atomic mass is 9.96. The Balaban J connectivity index is 1.29. The molecule has 0 radical (unpaired) electrons. The smallest absolute Gasteiger partial charge is 0.408 e. The molecule has 43 heavy (non-hydrogen) atoms. The van der Waals surface area contributed by atoms with Gasteiger partial charge in [-0.2, -0.15) is 0 Å². The van der Waals surface area contributed by atoms with Gasteiger partial charge in [0, 0.05) is 11.8 Å². The Morgan fingerprint density at radius 2 is 1.91 bits per heavy atom. The first kappa shape index (κ1) is 30.6. The molecule has 0 unspecified atom stereocenters. The van der Waals surface area contributed by atoms with Crippen LogP contribution in [0, 0.1) is 11.8 Å². The van der Waals surface area contributed by atoms with Crippen LogP contribution in [0.3, 0.4) is 0 Å². The zero-order valence-corrected chi connectivity index (χ0v) is 24.8. The molecule has 2 aliphatic carbocycles. The number of benzene rings is 1. The van der Waals surface area contributed by atoms with Crippen molar-refractivity contribution in [1.29, 1.82) is 0 Å². The molecule has 1 aromatic heterocycles. The van der Waals surface area contributed by atoms with Gasteiger partial charge in [0.15, 0.2) is 0 Å². The number of alkyl carbamates (subject to hydrolysis) is 1. The van der Waals surface area contributed by atoms with Crippen molar-refractivity contribution in [2.24, 2.45) is 11.8 Å². The number of nitrogens with zero attached hydrogens (tertiary/aromatic N) is 2. The van der Waals surface area contributed by atoms with Crippen LogP contribution in [0.2, 0.25) is 0 Å². The maximum Gasteiger partial charge on any atom is 0.408 e. The fraction of sp³-hybridized carbons (Fsp3) is 0.529. The molecule has 2 N–H and O–H groups in total. The Hall–Kier alpha value is -3.88. The van der Waals surface area contributed by atoms with E-state index in [1.54, 1.807) is 6.08 Å². The molecule has 0 bridgehead atoms. The van der Waals surface area contributed by atoms with E-state index >= 15 is 0 Å². The Labute approximate surface area is 253 Å². The van der Waals surface area contributed by atoms with E-state index in [2.05, 4.69) is 23.5 Å². The molecule has 2 heterocycles. The molecule has 1 aliphatic heterocycles. The average Bonchev–Trinajstić information content (AvgIpc) is 3.77. The lowest BCUT2D eigenvalue weighted by Crippen LogP contribution is -2.55. The minimum atomic E-state index is -1.10. The highest BCUT2D eigenvalue weighted by atomic mass is 16.6. The summed E-state index contributed by atoms with van der Waals surface area (Å²) in [6.45, 7) is 7.74. The van der Waals surface area contributed by atoms with Crippen LogP contribution in [0.4, 0.5) is 4.79 Å². The highest BCUT2D eigenvalue weighted by molar-refractivity contribution is 5.90. The van der Waals surface area contributed by atoms with Crippen LogP contribution in [0.15, 0.2) is 49.6 Å². The third-order valence-corrected chi connectivity index (χ3v) is 9.28. The van der Waals surface area contributed by atoms with Crippen molar-refractivity contribution in [3.63, 3.8) is 0 Å². The molecule has 9 nitrogen and oxygen atoms in total. The predicted molar refractivity (Wildman–Crippen MR) is 165 cm³/mol. The second-order valence-electron chi connectivity index (χ2n) is 12.1. The van der Waals surface area contributed by atoms with Crippen molar-refractivity contribution in [1.82, 2.24) is 15.2 Å². The number of aromatic nitrogens is 1. The summed E-state index contributed by atoms with van der Waals surface area (Å²) >= 11 is 0. The van der Waals surface area contributed by atoms with Gasteiger partial charge >= 0.3 is 12.1 Å². The molecule has 1 saturated heterocycles. The number of carboxylic acid groups (broad SMARTS) is 1. The number of hydrogen-bond donors (Lipinski definition) is 2. The van der Waals surface area contributed by atoms with Crippen molar-refractivity contribution < 1.29 is 29.0 Å². The summed E-state index contributed by atoms with van der Waals surface area (Å²) in [6, 6.07) is 7.60. The summed E-state index contributed by atoms with van der Waals surface area (Å²) in [5.41, 5.74) is 1.35. The first-order valence-electron chi connectivity index (χ1n) is 15.7. The summed E-state index contributed by atoms with van der Waals surface area (Å²) in [6.07, 6.45) is 11.6. The monoisotopic (exact) mass is 589 g/mol. The molecule has 230 valence electrons. The van der Waals surface area contributed by atoms with E-state index in [0.29, 0.717) is 17.4 Å². The fourth-order valence-corrected chi connectivity index (χ4v) is 7.05. The van der Waals surface area contributed by atoms with Crippen LogP contribution in [0.1, 0.15) is 76.3 Å². The molecular weight excluding hydrogens is 546 g/mol. The minimum absolute atomic E-state index is 0.0708. The number of likely N-dealkylation sites (tertiary alicyclic amines) is 1. The highest BCUT2D eigenvalue weighted by Gasteiger charge is 2.45. The third-order valence-electron chi connectivity index (χ3n) is 9.28. The molecule has 2 amide bonds. The van der Waals surface area contributed by atoms with Crippen molar-refractivity contribution in [3.05, 3.63) is 55.3 Å². The van der Waals surface area contributed by atoms with Gasteiger partial charge in [0.25, 0.3) is 0 Å². The summed E-state index contributed by atoms with van der Waals surface area (Å²) in [7, 11) is 0. The quantitative estimate of drug-likeness (QED) is 0.226. The third kappa shape index (κ3) is 7.20. The van der Waals surface area contributed by atoms with Gasteiger partial charge in [-0.3, -0.25) is 4.79 Å². The van der Waals surface area contributed by atoms with Crippen LogP contribution in [0.5, 0.6) is 5.75 Å². The Kier molecular flexibility index (Phi) is 10.00. The number of rotatable bonds is 12. The summed E-state index contributed by atoms with van der Waals surface area (Å²) in [5, 5.41) is 13.9. The van der Waals surface area contributed by atoms with Crippen molar-refractivity contribution in [2.45, 2.75) is 94.9 Å². The maximum atomic E-state index is 14.1. The SMILES string of the molecule is C=CCCC[C@@H]1CCC[C@H]1OC(=O)N[C@H](C(=O)N1C[C@H](Oc2cc3ccccc3nc2C=C)C[C@H]1C(=O)O)C1CCCC1. The predicted octanol–water partition coefficient (Wildman–Crippen LogP) is 6.12. The molecule has 1 aromatic carbocycles. The van der Waals surface area contributed by atoms with Crippen LogP contribution in [-0.2, 0) is 14.3 Å². The van der Waals surface area contributed by atoms with E-state index < -0.39 is 36.2 Å². The lowest BCUT2D eigenvalue weighted by molar-refractivity contribution is -0.149. The first-order chi connectivity index (χ1) is 20.9. The molecule has 0 spiro atoms. The van der Waals surface area contributed by atoms with Crippen molar-refractivity contribution in [2.75, 3.05) is 6.54 Å². The molecule has 2 saturated carbocycles. The van der Waals surface area contributed by atoms with Crippen molar-refractivity contribution in [3.8, 4) is 5.75 Å². The molecular formula is C34H43N3O6. The Bertz CT molecular complexity index is 1340. The number of fused-ring (bicyclic) bond motifs is 1. The van der Waals surface area contributed by atoms with Crippen molar-refractivity contribution >= 4 is 34.9 Å². The van der Waals surface area contributed by atoms with E-state index in [1.807, 2.05) is 36.4 Å². The second-order valence-corrected chi connectivity index (χ2v) is 12.1. The normalized spacial score (nSPS) is 24.5. The van der Waals surface area contributed by atoms with Crippen LogP contribution >= 0.6 is 0 Å². The number of aliphatic carboxylic acids is 1. The number of carboxylic acids is 1. The number of carbonyl (C=O) groups is 3. The lowest BCUT2D eigenvalue weighted by Gasteiger charge is -2.31. The van der Waals surface area contributed by atoms with E-state index in [-0.39, 0.29) is 25.0 Å². The molecule has 5 rings (SSSR count). The van der Waals surface area contributed by atoms with Gasteiger partial charge in [-0.1, -0.05) is 43.7 Å². The minimum Gasteiger partial charge on any atom is -0.486 e. The fourth-order valence-electron chi connectivity index (χ4n) is 7.05. The van der Waals surface area contributed by atoms with Crippen LogP contribution in [-0.4, -0.2) is 63.8 Å². The first-order valence-corrected chi connectivity index (χ1v) is 15.7. The standard InChI is InChI=1S/C34H43N3O6/c1-3-5-6-12-22-16-11-18-29(22)43-34(41)36-31(23-13-7-8-14-23)32(38)37-21-25(20-28(37)33(39)40)42-30-19-24-15-9-10-17-27(24)35-26(30)4-2/h3-4,9-10,15,17,19,22-23,25,28-29,31H,1-2,5-8,11-14,16,18,20-21H2,(H,36,41)(H,39,40)/t22-,25-,28+,29-,31+/m1/s1. The molecule has 2 aromatic rings. The molecule has 3 fully saturated rings. The summed E-state index contributed by atoms with van der Waals surface area (Å²) < 4.78 is 12.2. The van der Waals surface area contributed by atoms with E-state index in [9.17, 15) is 19.5 Å². The number of carbonyl (C=O) groups excluding carboxylic acids is 2. The molecule has 3 aliphatic rings. The maximum absolute atomic E-state index is 14.1. The van der Waals surface area contributed by atoms with Gasteiger partial charge in [-0.25, -0.2) is 14.6 Å². The number of allylic oxidation sites excluding steroid dienone is 1. The van der Waals surface area contributed by atoms with Crippen LogP contribution in [0.25, 0.3) is 17.0 Å². The van der Waals surface area contributed by atoms with Gasteiger partial charge in [-0.05, 0) is 81.4 Å². The zero-order valence-electron chi connectivity index (χ0n) is 24.8.